The lowest BCUT2D eigenvalue weighted by atomic mass is 9.91. The molecule has 122 valence electrons. The zero-order chi connectivity index (χ0) is 16.9. The lowest BCUT2D eigenvalue weighted by Gasteiger charge is -2.13. The number of benzene rings is 1. The van der Waals surface area contributed by atoms with Gasteiger partial charge < -0.3 is 9.84 Å². The summed E-state index contributed by atoms with van der Waals surface area (Å²) in [6, 6.07) is 7.48. The molecule has 1 aromatic heterocycles. The number of nitrogens with zero attached hydrogens (tertiary/aromatic N) is 2. The van der Waals surface area contributed by atoms with E-state index in [-0.39, 0.29) is 17.0 Å². The lowest BCUT2D eigenvalue weighted by Crippen LogP contribution is -2.13. The number of carbonyl (C=O) groups is 1. The van der Waals surface area contributed by atoms with E-state index in [0.29, 0.717) is 11.4 Å². The maximum absolute atomic E-state index is 11.1. The maximum atomic E-state index is 11.1. The van der Waals surface area contributed by atoms with E-state index in [1.807, 2.05) is 25.2 Å². The summed E-state index contributed by atoms with van der Waals surface area (Å²) >= 11 is 0. The molecule has 6 nitrogen and oxygen atoms in total. The van der Waals surface area contributed by atoms with Crippen LogP contribution in [0.15, 0.2) is 28.8 Å². The Labute approximate surface area is 135 Å². The quantitative estimate of drug-likeness (QED) is 0.653. The van der Waals surface area contributed by atoms with Crippen LogP contribution in [0.5, 0.6) is 0 Å². The minimum Gasteiger partial charge on any atom is -0.333 e. The topological polar surface area (TPSA) is 91.9 Å². The number of nitrogens with one attached hydrogen (secondary N) is 2. The second-order valence-electron chi connectivity index (χ2n) is 5.54. The van der Waals surface area contributed by atoms with Gasteiger partial charge in [-0.2, -0.15) is 4.98 Å². The molecule has 1 aliphatic rings. The Hall–Kier alpha value is -2.34. The number of aldehydes is 1. The zero-order valence-corrected chi connectivity index (χ0v) is 13.7. The molecule has 0 bridgehead atoms. The van der Waals surface area contributed by atoms with Crippen LogP contribution in [0, 0.1) is 5.41 Å². The number of aromatic nitrogens is 2. The van der Waals surface area contributed by atoms with Crippen LogP contribution < -0.4 is 5.32 Å². The van der Waals surface area contributed by atoms with Crippen molar-refractivity contribution in [3.8, 4) is 0 Å². The highest BCUT2D eigenvalue weighted by molar-refractivity contribution is 5.91. The third-order valence-corrected chi connectivity index (χ3v) is 3.88. The molecule has 1 fully saturated rings. The van der Waals surface area contributed by atoms with Gasteiger partial charge in [0.1, 0.15) is 6.29 Å². The molecule has 0 radical (unpaired) electrons. The largest absolute Gasteiger partial charge is 0.333 e. The summed E-state index contributed by atoms with van der Waals surface area (Å²) in [5.74, 6) is 0.813. The number of hydrogen-bond acceptors (Lipinski definition) is 6. The van der Waals surface area contributed by atoms with E-state index in [2.05, 4.69) is 22.4 Å². The van der Waals surface area contributed by atoms with Gasteiger partial charge in [0.15, 0.2) is 5.82 Å². The molecule has 1 aliphatic carbocycles. The molecule has 6 heteroatoms. The Morgan fingerprint density at radius 3 is 2.57 bits per heavy atom. The fourth-order valence-corrected chi connectivity index (χ4v) is 2.34. The molecule has 2 aromatic rings. The summed E-state index contributed by atoms with van der Waals surface area (Å²) in [6.07, 6.45) is 2.65. The minimum atomic E-state index is -0.311. The van der Waals surface area contributed by atoms with Gasteiger partial charge in [0.25, 0.3) is 5.89 Å². The molecule has 0 saturated heterocycles. The third-order valence-electron chi connectivity index (χ3n) is 3.88. The number of rotatable bonds is 5. The summed E-state index contributed by atoms with van der Waals surface area (Å²) < 4.78 is 5.07. The van der Waals surface area contributed by atoms with E-state index in [9.17, 15) is 4.79 Å². The van der Waals surface area contributed by atoms with Crippen LogP contribution in [0.3, 0.4) is 0 Å². The van der Waals surface area contributed by atoms with Crippen LogP contribution in [0.1, 0.15) is 54.3 Å². The summed E-state index contributed by atoms with van der Waals surface area (Å²) in [4.78, 5) is 15.4. The Morgan fingerprint density at radius 1 is 1.43 bits per heavy atom. The van der Waals surface area contributed by atoms with E-state index in [0.717, 1.165) is 31.2 Å². The molecule has 1 saturated carbocycles. The van der Waals surface area contributed by atoms with Gasteiger partial charge >= 0.3 is 0 Å². The van der Waals surface area contributed by atoms with Gasteiger partial charge in [0.2, 0.25) is 0 Å². The van der Waals surface area contributed by atoms with Crippen molar-refractivity contribution in [1.29, 1.82) is 5.41 Å². The molecule has 23 heavy (non-hydrogen) atoms. The van der Waals surface area contributed by atoms with Crippen molar-refractivity contribution in [2.24, 2.45) is 0 Å². The van der Waals surface area contributed by atoms with Gasteiger partial charge in [-0.25, -0.2) is 0 Å². The van der Waals surface area contributed by atoms with Crippen molar-refractivity contribution >= 4 is 12.0 Å². The Kier molecular flexibility index (Phi) is 5.39. The lowest BCUT2D eigenvalue weighted by molar-refractivity contribution is 0.112. The fraction of sp³-hybridized carbons (Fsp3) is 0.412. The molecule has 0 unspecified atom stereocenters. The highest BCUT2D eigenvalue weighted by Gasteiger charge is 2.51. The average molecular weight is 314 g/mol. The maximum Gasteiger partial charge on any atom is 0.271 e. The third kappa shape index (κ3) is 3.53. The van der Waals surface area contributed by atoms with Crippen LogP contribution in [0.25, 0.3) is 0 Å². The van der Waals surface area contributed by atoms with Crippen molar-refractivity contribution in [2.75, 3.05) is 13.6 Å². The highest BCUT2D eigenvalue weighted by Crippen LogP contribution is 2.53. The summed E-state index contributed by atoms with van der Waals surface area (Å²) in [7, 11) is 1.93. The first-order chi connectivity index (χ1) is 11.1. The van der Waals surface area contributed by atoms with E-state index in [1.165, 1.54) is 0 Å². The van der Waals surface area contributed by atoms with Crippen molar-refractivity contribution in [3.63, 3.8) is 0 Å². The van der Waals surface area contributed by atoms with Crippen LogP contribution in [-0.2, 0) is 5.41 Å². The normalized spacial score (nSPS) is 14.6. The van der Waals surface area contributed by atoms with Crippen LogP contribution in [0.4, 0.5) is 0 Å². The summed E-state index contributed by atoms with van der Waals surface area (Å²) in [5.41, 5.74) is 1.55. The fourth-order valence-electron chi connectivity index (χ4n) is 2.34. The Balaban J connectivity index is 0.000000433. The predicted molar refractivity (Wildman–Crippen MR) is 88.2 cm³/mol. The first kappa shape index (κ1) is 17.0. The minimum absolute atomic E-state index is 0.241. The second kappa shape index (κ2) is 7.28. The molecule has 0 aliphatic heterocycles. The Bertz CT molecular complexity index is 687. The molecular weight excluding hydrogens is 292 g/mol. The number of hydrogen-bond donors (Lipinski definition) is 2. The molecule has 3 rings (SSSR count). The first-order valence-electron chi connectivity index (χ1n) is 7.68. The average Bonchev–Trinajstić information content (AvgIpc) is 3.23. The van der Waals surface area contributed by atoms with E-state index in [1.54, 1.807) is 13.0 Å². The Morgan fingerprint density at radius 2 is 2.09 bits per heavy atom. The monoisotopic (exact) mass is 314 g/mol. The standard InChI is InChI=1S/C14H13N3O2.C3H9N/c1-9(15)12-16-13(17-19-12)14(6-7-14)11-5-3-2-4-10(11)8-18;1-3-4-2/h2-5,8,15H,6-7H2,1H3;4H,3H2,1-2H3. The first-order valence-corrected chi connectivity index (χ1v) is 7.68. The van der Waals surface area contributed by atoms with E-state index in [4.69, 9.17) is 9.93 Å². The zero-order valence-electron chi connectivity index (χ0n) is 13.7. The van der Waals surface area contributed by atoms with E-state index < -0.39 is 0 Å². The molecule has 0 spiro atoms. The number of carbonyl (C=O) groups excluding carboxylic acids is 1. The molecular formula is C17H22N4O2. The van der Waals surface area contributed by atoms with Gasteiger partial charge in [-0.1, -0.05) is 36.3 Å². The molecule has 0 amide bonds. The molecule has 0 atom stereocenters. The summed E-state index contributed by atoms with van der Waals surface area (Å²) in [6.45, 7) is 4.75. The predicted octanol–water partition coefficient (Wildman–Crippen LogP) is 2.58. The second-order valence-corrected chi connectivity index (χ2v) is 5.54. The molecule has 2 N–H and O–H groups in total. The van der Waals surface area contributed by atoms with Crippen molar-refractivity contribution in [3.05, 3.63) is 47.1 Å². The van der Waals surface area contributed by atoms with Gasteiger partial charge in [-0.3, -0.25) is 10.2 Å². The SMILES string of the molecule is CC(=N)c1nc(C2(c3ccccc3C=O)CC2)no1.CCNC. The van der Waals surface area contributed by atoms with Crippen LogP contribution >= 0.6 is 0 Å². The molecule has 1 aromatic carbocycles. The van der Waals surface area contributed by atoms with Gasteiger partial charge in [0, 0.05) is 5.56 Å². The van der Waals surface area contributed by atoms with Gasteiger partial charge in [0.05, 0.1) is 11.1 Å². The van der Waals surface area contributed by atoms with Gasteiger partial charge in [-0.15, -0.1) is 0 Å². The van der Waals surface area contributed by atoms with E-state index >= 15 is 0 Å². The van der Waals surface area contributed by atoms with Crippen molar-refractivity contribution < 1.29 is 9.32 Å². The van der Waals surface area contributed by atoms with Crippen molar-refractivity contribution in [2.45, 2.75) is 32.1 Å². The van der Waals surface area contributed by atoms with Gasteiger partial charge in [-0.05, 0) is 38.9 Å². The molecule has 1 heterocycles. The van der Waals surface area contributed by atoms with Crippen molar-refractivity contribution in [1.82, 2.24) is 15.5 Å². The summed E-state index contributed by atoms with van der Waals surface area (Å²) in [5, 5.41) is 14.4. The van der Waals surface area contributed by atoms with Crippen LogP contribution in [0.2, 0.25) is 0 Å². The van der Waals surface area contributed by atoms with Crippen LogP contribution in [-0.4, -0.2) is 35.7 Å². The smallest absolute Gasteiger partial charge is 0.271 e. The highest BCUT2D eigenvalue weighted by atomic mass is 16.5.